The SMILES string of the molecule is CCN(CC)C1CCN(C(=O)c2cc(F)c(F)c(F)c2)C1. The Balaban J connectivity index is 2.12. The zero-order valence-electron chi connectivity index (χ0n) is 12.2. The molecule has 1 saturated heterocycles. The summed E-state index contributed by atoms with van der Waals surface area (Å²) in [6.07, 6.45) is 0.833. The monoisotopic (exact) mass is 300 g/mol. The standard InChI is InChI=1S/C15H19F3N2O/c1-3-19(4-2)11-5-6-20(9-11)15(21)10-7-12(16)14(18)13(17)8-10/h7-8,11H,3-6,9H2,1-2H3. The van der Waals surface area contributed by atoms with Gasteiger partial charge in [0.2, 0.25) is 0 Å². The van der Waals surface area contributed by atoms with Crippen LogP contribution in [0.3, 0.4) is 0 Å². The molecule has 0 aromatic heterocycles. The van der Waals surface area contributed by atoms with Gasteiger partial charge in [-0.15, -0.1) is 0 Å². The summed E-state index contributed by atoms with van der Waals surface area (Å²) in [5, 5.41) is 0. The third-order valence-corrected chi connectivity index (χ3v) is 4.01. The van der Waals surface area contributed by atoms with Crippen LogP contribution in [0.5, 0.6) is 0 Å². The van der Waals surface area contributed by atoms with Gasteiger partial charge in [0.15, 0.2) is 17.5 Å². The number of carbonyl (C=O) groups is 1. The third kappa shape index (κ3) is 3.20. The third-order valence-electron chi connectivity index (χ3n) is 4.01. The predicted octanol–water partition coefficient (Wildman–Crippen LogP) is 2.66. The van der Waals surface area contributed by atoms with E-state index in [9.17, 15) is 18.0 Å². The lowest BCUT2D eigenvalue weighted by atomic mass is 10.2. The molecule has 1 aliphatic rings. The van der Waals surface area contributed by atoms with Gasteiger partial charge in [-0.25, -0.2) is 13.2 Å². The number of carbonyl (C=O) groups excluding carboxylic acids is 1. The molecule has 1 fully saturated rings. The summed E-state index contributed by atoms with van der Waals surface area (Å²) in [5.74, 6) is -4.67. The van der Waals surface area contributed by atoms with Gasteiger partial charge in [-0.3, -0.25) is 9.69 Å². The summed E-state index contributed by atoms with van der Waals surface area (Å²) in [7, 11) is 0. The van der Waals surface area contributed by atoms with Gasteiger partial charge in [0, 0.05) is 24.7 Å². The zero-order valence-corrected chi connectivity index (χ0v) is 12.2. The maximum Gasteiger partial charge on any atom is 0.254 e. The van der Waals surface area contributed by atoms with Crippen LogP contribution in [-0.4, -0.2) is 47.9 Å². The molecule has 1 aromatic carbocycles. The molecule has 0 radical (unpaired) electrons. The van der Waals surface area contributed by atoms with Crippen molar-refractivity contribution in [3.63, 3.8) is 0 Å². The van der Waals surface area contributed by atoms with Crippen molar-refractivity contribution < 1.29 is 18.0 Å². The minimum Gasteiger partial charge on any atom is -0.337 e. The van der Waals surface area contributed by atoms with Gasteiger partial charge in [-0.2, -0.15) is 0 Å². The number of likely N-dealkylation sites (N-methyl/N-ethyl adjacent to an activating group) is 1. The maximum absolute atomic E-state index is 13.2. The highest BCUT2D eigenvalue weighted by molar-refractivity contribution is 5.94. The second-order valence-corrected chi connectivity index (χ2v) is 5.17. The normalized spacial score (nSPS) is 18.6. The topological polar surface area (TPSA) is 23.6 Å². The van der Waals surface area contributed by atoms with E-state index in [1.807, 2.05) is 0 Å². The number of hydrogen-bond acceptors (Lipinski definition) is 2. The number of likely N-dealkylation sites (tertiary alicyclic amines) is 1. The number of hydrogen-bond donors (Lipinski definition) is 0. The van der Waals surface area contributed by atoms with E-state index in [2.05, 4.69) is 18.7 Å². The number of nitrogens with zero attached hydrogens (tertiary/aromatic N) is 2. The summed E-state index contributed by atoms with van der Waals surface area (Å²) in [4.78, 5) is 16.1. The Labute approximate surface area is 122 Å². The largest absolute Gasteiger partial charge is 0.337 e. The lowest BCUT2D eigenvalue weighted by Crippen LogP contribution is -2.38. The summed E-state index contributed by atoms with van der Waals surface area (Å²) in [5.41, 5.74) is -0.147. The Morgan fingerprint density at radius 1 is 1.24 bits per heavy atom. The van der Waals surface area contributed by atoms with Crippen molar-refractivity contribution in [2.24, 2.45) is 0 Å². The highest BCUT2D eigenvalue weighted by Crippen LogP contribution is 2.20. The highest BCUT2D eigenvalue weighted by Gasteiger charge is 2.30. The molecule has 1 unspecified atom stereocenters. The van der Waals surface area contributed by atoms with Gasteiger partial charge in [-0.1, -0.05) is 13.8 Å². The van der Waals surface area contributed by atoms with Gasteiger partial charge in [0.1, 0.15) is 0 Å². The predicted molar refractivity (Wildman–Crippen MR) is 73.5 cm³/mol. The van der Waals surface area contributed by atoms with Crippen molar-refractivity contribution in [3.8, 4) is 0 Å². The number of benzene rings is 1. The van der Waals surface area contributed by atoms with Crippen LogP contribution >= 0.6 is 0 Å². The molecular formula is C15H19F3N2O. The molecule has 6 heteroatoms. The molecule has 0 N–H and O–H groups in total. The molecule has 1 amide bonds. The van der Waals surface area contributed by atoms with Crippen LogP contribution in [0.2, 0.25) is 0 Å². The molecule has 1 aromatic rings. The van der Waals surface area contributed by atoms with Crippen LogP contribution in [0.25, 0.3) is 0 Å². The van der Waals surface area contributed by atoms with E-state index in [1.54, 1.807) is 4.90 Å². The highest BCUT2D eigenvalue weighted by atomic mass is 19.2. The smallest absolute Gasteiger partial charge is 0.254 e. The fourth-order valence-electron chi connectivity index (χ4n) is 2.83. The van der Waals surface area contributed by atoms with Crippen LogP contribution in [0.4, 0.5) is 13.2 Å². The Bertz CT molecular complexity index is 509. The Hall–Kier alpha value is -1.56. The van der Waals surface area contributed by atoms with Crippen molar-refractivity contribution in [3.05, 3.63) is 35.1 Å². The fourth-order valence-corrected chi connectivity index (χ4v) is 2.83. The molecule has 0 spiro atoms. The van der Waals surface area contributed by atoms with E-state index in [1.165, 1.54) is 0 Å². The fraction of sp³-hybridized carbons (Fsp3) is 0.533. The molecule has 1 atom stereocenters. The second-order valence-electron chi connectivity index (χ2n) is 5.17. The average molecular weight is 300 g/mol. The Morgan fingerprint density at radius 2 is 1.81 bits per heavy atom. The first-order valence-electron chi connectivity index (χ1n) is 7.15. The van der Waals surface area contributed by atoms with Crippen LogP contribution in [0.1, 0.15) is 30.6 Å². The first kappa shape index (κ1) is 15.8. The van der Waals surface area contributed by atoms with E-state index < -0.39 is 23.4 Å². The van der Waals surface area contributed by atoms with Crippen LogP contribution < -0.4 is 0 Å². The molecule has 0 saturated carbocycles. The molecule has 3 nitrogen and oxygen atoms in total. The summed E-state index contributed by atoms with van der Waals surface area (Å²) in [6.45, 7) is 6.96. The zero-order chi connectivity index (χ0) is 15.6. The first-order valence-corrected chi connectivity index (χ1v) is 7.15. The van der Waals surface area contributed by atoms with Gasteiger partial charge in [0.25, 0.3) is 5.91 Å². The van der Waals surface area contributed by atoms with Crippen molar-refractivity contribution in [2.45, 2.75) is 26.3 Å². The lowest BCUT2D eigenvalue weighted by molar-refractivity contribution is 0.0776. The molecule has 1 heterocycles. The molecule has 0 bridgehead atoms. The van der Waals surface area contributed by atoms with Crippen LogP contribution in [0, 0.1) is 17.5 Å². The number of halogens is 3. The average Bonchev–Trinajstić information content (AvgIpc) is 2.94. The molecule has 2 rings (SSSR count). The number of amides is 1. The van der Waals surface area contributed by atoms with Gasteiger partial charge in [-0.05, 0) is 31.6 Å². The molecule has 21 heavy (non-hydrogen) atoms. The Kier molecular flexibility index (Phi) is 4.88. The minimum atomic E-state index is -1.55. The lowest BCUT2D eigenvalue weighted by Gasteiger charge is -2.26. The van der Waals surface area contributed by atoms with Crippen molar-refractivity contribution in [1.29, 1.82) is 0 Å². The summed E-state index contributed by atoms with van der Waals surface area (Å²) >= 11 is 0. The van der Waals surface area contributed by atoms with E-state index in [0.717, 1.165) is 31.6 Å². The minimum absolute atomic E-state index is 0.147. The van der Waals surface area contributed by atoms with Gasteiger partial charge in [0.05, 0.1) is 0 Å². The molecular weight excluding hydrogens is 281 g/mol. The maximum atomic E-state index is 13.2. The van der Waals surface area contributed by atoms with E-state index in [-0.39, 0.29) is 11.6 Å². The van der Waals surface area contributed by atoms with Crippen molar-refractivity contribution >= 4 is 5.91 Å². The van der Waals surface area contributed by atoms with E-state index in [0.29, 0.717) is 13.1 Å². The number of rotatable bonds is 4. The summed E-state index contributed by atoms with van der Waals surface area (Å²) in [6, 6.07) is 1.77. The summed E-state index contributed by atoms with van der Waals surface area (Å²) < 4.78 is 39.3. The van der Waals surface area contributed by atoms with Crippen molar-refractivity contribution in [1.82, 2.24) is 9.80 Å². The van der Waals surface area contributed by atoms with Crippen LogP contribution in [0.15, 0.2) is 12.1 Å². The van der Waals surface area contributed by atoms with Gasteiger partial charge < -0.3 is 4.90 Å². The molecule has 116 valence electrons. The van der Waals surface area contributed by atoms with Crippen LogP contribution in [-0.2, 0) is 0 Å². The first-order chi connectivity index (χ1) is 9.97. The Morgan fingerprint density at radius 3 is 2.33 bits per heavy atom. The van der Waals surface area contributed by atoms with E-state index >= 15 is 0 Å². The van der Waals surface area contributed by atoms with Gasteiger partial charge >= 0.3 is 0 Å². The molecule has 1 aliphatic heterocycles. The molecule has 0 aliphatic carbocycles. The van der Waals surface area contributed by atoms with Crippen molar-refractivity contribution in [2.75, 3.05) is 26.2 Å². The quantitative estimate of drug-likeness (QED) is 0.798. The second kappa shape index (κ2) is 6.47. The van der Waals surface area contributed by atoms with E-state index in [4.69, 9.17) is 0 Å².